The molecule has 7 heteroatoms. The summed E-state index contributed by atoms with van der Waals surface area (Å²) in [6.45, 7) is 3.76. The van der Waals surface area contributed by atoms with Crippen LogP contribution in [0.5, 0.6) is 0 Å². The van der Waals surface area contributed by atoms with Crippen molar-refractivity contribution in [3.8, 4) is 0 Å². The van der Waals surface area contributed by atoms with Crippen LogP contribution in [0, 0.1) is 5.92 Å². The molecular weight excluding hydrogens is 448 g/mol. The molecular formula is C29H40N6O. The summed E-state index contributed by atoms with van der Waals surface area (Å²) in [5, 5.41) is 0. The second kappa shape index (κ2) is 9.33. The van der Waals surface area contributed by atoms with E-state index in [9.17, 15) is 4.79 Å². The fraction of sp³-hybridized carbons (Fsp3) is 0.621. The van der Waals surface area contributed by atoms with Crippen molar-refractivity contribution >= 4 is 11.7 Å². The van der Waals surface area contributed by atoms with Crippen molar-refractivity contribution in [2.45, 2.75) is 68.5 Å². The number of benzene rings is 1. The highest BCUT2D eigenvalue weighted by Crippen LogP contribution is 2.50. The molecule has 1 aromatic carbocycles. The Morgan fingerprint density at radius 1 is 0.944 bits per heavy atom. The van der Waals surface area contributed by atoms with E-state index in [2.05, 4.69) is 74.0 Å². The number of carbonyl (C=O) groups is 1. The van der Waals surface area contributed by atoms with E-state index in [1.54, 1.807) is 6.33 Å². The van der Waals surface area contributed by atoms with Gasteiger partial charge in [-0.1, -0.05) is 30.3 Å². The van der Waals surface area contributed by atoms with Crippen molar-refractivity contribution in [1.82, 2.24) is 24.7 Å². The summed E-state index contributed by atoms with van der Waals surface area (Å²) >= 11 is 0. The molecule has 2 aromatic rings. The van der Waals surface area contributed by atoms with Crippen molar-refractivity contribution in [2.24, 2.45) is 5.92 Å². The Bertz CT molecular complexity index is 1040. The minimum atomic E-state index is -0.0155. The molecule has 192 valence electrons. The van der Waals surface area contributed by atoms with Crippen molar-refractivity contribution in [3.63, 3.8) is 0 Å². The van der Waals surface area contributed by atoms with Gasteiger partial charge in [-0.2, -0.15) is 0 Å². The first-order chi connectivity index (χ1) is 17.5. The van der Waals surface area contributed by atoms with Gasteiger partial charge in [0.2, 0.25) is 0 Å². The molecule has 3 heterocycles. The van der Waals surface area contributed by atoms with Crippen LogP contribution < -0.4 is 4.90 Å². The van der Waals surface area contributed by atoms with Crippen LogP contribution in [0.25, 0.3) is 0 Å². The molecule has 1 spiro atoms. The van der Waals surface area contributed by atoms with Gasteiger partial charge in [0, 0.05) is 37.8 Å². The zero-order chi connectivity index (χ0) is 24.8. The van der Waals surface area contributed by atoms with Crippen LogP contribution >= 0.6 is 0 Å². The molecule has 0 radical (unpaired) electrons. The third-order valence-electron chi connectivity index (χ3n) is 9.64. The normalized spacial score (nSPS) is 29.5. The summed E-state index contributed by atoms with van der Waals surface area (Å²) in [5.74, 6) is 0.709. The highest BCUT2D eigenvalue weighted by Gasteiger charge is 2.56. The number of aromatic nitrogens is 2. The van der Waals surface area contributed by atoms with Gasteiger partial charge in [-0.05, 0) is 76.9 Å². The number of nitrogens with zero attached hydrogens (tertiary/aromatic N) is 6. The van der Waals surface area contributed by atoms with Gasteiger partial charge < -0.3 is 14.7 Å². The first-order valence-electron chi connectivity index (χ1n) is 13.8. The standard InChI is InChI=1S/C29H40N6O/c1-32(2)29(24-6-4-3-5-7-24)14-12-28(13-15-29)21-34(27(36)35(28)20-23-8-9-23)25-10-16-33(17-11-25)26-18-30-22-31-19-26/h3-7,18-19,22-23,25H,8-17,20-21H2,1-2H3. The number of rotatable bonds is 6. The summed E-state index contributed by atoms with van der Waals surface area (Å²) in [5.41, 5.74) is 2.54. The van der Waals surface area contributed by atoms with Crippen molar-refractivity contribution in [1.29, 1.82) is 0 Å². The van der Waals surface area contributed by atoms with Crippen molar-refractivity contribution < 1.29 is 4.79 Å². The molecule has 2 aliphatic heterocycles. The van der Waals surface area contributed by atoms with E-state index in [4.69, 9.17) is 0 Å². The van der Waals surface area contributed by atoms with Gasteiger partial charge in [-0.3, -0.25) is 4.90 Å². The van der Waals surface area contributed by atoms with Crippen molar-refractivity contribution in [2.75, 3.05) is 45.2 Å². The Hall–Kier alpha value is -2.67. The Morgan fingerprint density at radius 3 is 2.22 bits per heavy atom. The molecule has 2 saturated heterocycles. The molecule has 6 rings (SSSR count). The lowest BCUT2D eigenvalue weighted by Gasteiger charge is -2.51. The molecule has 0 atom stereocenters. The zero-order valence-corrected chi connectivity index (χ0v) is 21.9. The van der Waals surface area contributed by atoms with Gasteiger partial charge in [0.05, 0.1) is 23.6 Å². The quantitative estimate of drug-likeness (QED) is 0.605. The second-order valence-corrected chi connectivity index (χ2v) is 11.8. The van der Waals surface area contributed by atoms with Gasteiger partial charge in [0.25, 0.3) is 0 Å². The molecule has 0 bridgehead atoms. The fourth-order valence-electron chi connectivity index (χ4n) is 7.13. The molecule has 0 unspecified atom stereocenters. The van der Waals surface area contributed by atoms with Gasteiger partial charge in [-0.15, -0.1) is 0 Å². The Labute approximate surface area is 215 Å². The molecule has 2 aliphatic carbocycles. The highest BCUT2D eigenvalue weighted by molar-refractivity contribution is 5.79. The molecule has 1 aromatic heterocycles. The summed E-state index contributed by atoms with van der Waals surface area (Å²) in [7, 11) is 4.45. The first kappa shape index (κ1) is 23.7. The number of hydrogen-bond donors (Lipinski definition) is 0. The van der Waals surface area contributed by atoms with E-state index >= 15 is 0 Å². The smallest absolute Gasteiger partial charge is 0.320 e. The lowest BCUT2D eigenvalue weighted by Crippen LogP contribution is -2.55. The number of carbonyl (C=O) groups excluding carboxylic acids is 1. The van der Waals surface area contributed by atoms with Crippen LogP contribution in [0.15, 0.2) is 49.1 Å². The second-order valence-electron chi connectivity index (χ2n) is 11.8. The number of amides is 2. The molecule has 36 heavy (non-hydrogen) atoms. The fourth-order valence-corrected chi connectivity index (χ4v) is 7.13. The third-order valence-corrected chi connectivity index (χ3v) is 9.64. The molecule has 2 saturated carbocycles. The summed E-state index contributed by atoms with van der Waals surface area (Å²) in [4.78, 5) is 31.7. The van der Waals surface area contributed by atoms with Crippen LogP contribution in [0.1, 0.15) is 56.9 Å². The maximum Gasteiger partial charge on any atom is 0.320 e. The molecule has 4 aliphatic rings. The van der Waals surface area contributed by atoms with Gasteiger partial charge in [0.15, 0.2) is 0 Å². The van der Waals surface area contributed by atoms with Crippen molar-refractivity contribution in [3.05, 3.63) is 54.6 Å². The minimum absolute atomic E-state index is 0.0155. The SMILES string of the molecule is CN(C)C1(c2ccccc2)CCC2(CC1)CN(C1CCN(c3cncnc3)CC1)C(=O)N2CC1CC1. The van der Waals surface area contributed by atoms with Gasteiger partial charge in [0.1, 0.15) is 6.33 Å². The average Bonchev–Trinajstić information content (AvgIpc) is 3.72. The van der Waals surface area contributed by atoms with Gasteiger partial charge >= 0.3 is 6.03 Å². The Morgan fingerprint density at radius 2 is 1.61 bits per heavy atom. The first-order valence-corrected chi connectivity index (χ1v) is 13.8. The van der Waals surface area contributed by atoms with E-state index < -0.39 is 0 Å². The number of hydrogen-bond acceptors (Lipinski definition) is 5. The minimum Gasteiger partial charge on any atom is -0.369 e. The number of anilines is 1. The average molecular weight is 489 g/mol. The van der Waals surface area contributed by atoms with Crippen LogP contribution in [-0.4, -0.2) is 82.6 Å². The summed E-state index contributed by atoms with van der Waals surface area (Å²) < 4.78 is 0. The largest absolute Gasteiger partial charge is 0.369 e. The van der Waals surface area contributed by atoms with E-state index in [-0.39, 0.29) is 11.1 Å². The molecule has 7 nitrogen and oxygen atoms in total. The Balaban J connectivity index is 1.20. The lowest BCUT2D eigenvalue weighted by atomic mass is 9.68. The maximum atomic E-state index is 14.0. The van der Waals surface area contributed by atoms with E-state index in [1.807, 2.05) is 12.4 Å². The van der Waals surface area contributed by atoms with E-state index in [0.717, 1.165) is 70.4 Å². The highest BCUT2D eigenvalue weighted by atomic mass is 16.2. The third kappa shape index (κ3) is 4.15. The number of piperidine rings is 1. The predicted molar refractivity (Wildman–Crippen MR) is 142 cm³/mol. The zero-order valence-electron chi connectivity index (χ0n) is 21.9. The predicted octanol–water partition coefficient (Wildman–Crippen LogP) is 4.36. The molecule has 2 amide bonds. The molecule has 4 fully saturated rings. The van der Waals surface area contributed by atoms with Crippen LogP contribution in [0.3, 0.4) is 0 Å². The monoisotopic (exact) mass is 488 g/mol. The maximum absolute atomic E-state index is 14.0. The Kier molecular flexibility index (Phi) is 6.14. The van der Waals surface area contributed by atoms with E-state index in [0.29, 0.717) is 18.0 Å². The summed E-state index contributed by atoms with van der Waals surface area (Å²) in [6.07, 6.45) is 14.3. The van der Waals surface area contributed by atoms with Crippen LogP contribution in [-0.2, 0) is 5.54 Å². The number of urea groups is 1. The molecule has 0 N–H and O–H groups in total. The van der Waals surface area contributed by atoms with Crippen LogP contribution in [0.4, 0.5) is 10.5 Å². The van der Waals surface area contributed by atoms with Crippen LogP contribution in [0.2, 0.25) is 0 Å². The topological polar surface area (TPSA) is 55.8 Å². The van der Waals surface area contributed by atoms with Gasteiger partial charge in [-0.25, -0.2) is 14.8 Å². The van der Waals surface area contributed by atoms with E-state index in [1.165, 1.54) is 18.4 Å². The summed E-state index contributed by atoms with van der Waals surface area (Å²) in [6, 6.07) is 11.7. The lowest BCUT2D eigenvalue weighted by molar-refractivity contribution is 0.0226.